The molecule has 0 spiro atoms. The van der Waals surface area contributed by atoms with Crippen molar-refractivity contribution in [3.05, 3.63) is 34.6 Å². The first-order valence-electron chi connectivity index (χ1n) is 5.96. The highest BCUT2D eigenvalue weighted by molar-refractivity contribution is 6.31. The van der Waals surface area contributed by atoms with E-state index < -0.39 is 5.97 Å². The van der Waals surface area contributed by atoms with Crippen molar-refractivity contribution in [1.29, 1.82) is 0 Å². The van der Waals surface area contributed by atoms with Gasteiger partial charge in [0.25, 0.3) is 0 Å². The number of benzene rings is 1. The van der Waals surface area contributed by atoms with Crippen LogP contribution in [-0.2, 0) is 4.79 Å². The van der Waals surface area contributed by atoms with Crippen LogP contribution >= 0.6 is 24.0 Å². The van der Waals surface area contributed by atoms with Crippen LogP contribution < -0.4 is 5.32 Å². The summed E-state index contributed by atoms with van der Waals surface area (Å²) in [7, 11) is 0. The van der Waals surface area contributed by atoms with Crippen LogP contribution in [0.4, 0.5) is 4.39 Å². The van der Waals surface area contributed by atoms with Crippen LogP contribution in [-0.4, -0.2) is 17.6 Å². The number of carboxylic acids is 1. The molecule has 6 heteroatoms. The zero-order chi connectivity index (χ0) is 13.1. The second-order valence-electron chi connectivity index (χ2n) is 4.66. The summed E-state index contributed by atoms with van der Waals surface area (Å²) >= 11 is 6.02. The molecule has 106 valence electrons. The second-order valence-corrected chi connectivity index (χ2v) is 5.07. The molecule has 19 heavy (non-hydrogen) atoms. The van der Waals surface area contributed by atoms with E-state index in [1.165, 1.54) is 12.1 Å². The Labute approximate surface area is 122 Å². The Hall–Kier alpha value is -0.840. The SMILES string of the molecule is Cl.O=C(O)CC1CCNC(c2ccc(F)cc2Cl)C1. The second kappa shape index (κ2) is 7.08. The van der Waals surface area contributed by atoms with Crippen molar-refractivity contribution in [1.82, 2.24) is 5.32 Å². The summed E-state index contributed by atoms with van der Waals surface area (Å²) in [5.41, 5.74) is 0.841. The fourth-order valence-corrected chi connectivity index (χ4v) is 2.75. The maximum Gasteiger partial charge on any atom is 0.303 e. The third-order valence-electron chi connectivity index (χ3n) is 3.31. The van der Waals surface area contributed by atoms with E-state index in [1.54, 1.807) is 6.07 Å². The van der Waals surface area contributed by atoms with Gasteiger partial charge in [-0.2, -0.15) is 0 Å². The van der Waals surface area contributed by atoms with Gasteiger partial charge in [-0.05, 0) is 43.0 Å². The van der Waals surface area contributed by atoms with Crippen molar-refractivity contribution in [2.24, 2.45) is 5.92 Å². The summed E-state index contributed by atoms with van der Waals surface area (Å²) in [6.45, 7) is 0.760. The molecule has 2 N–H and O–H groups in total. The van der Waals surface area contributed by atoms with E-state index in [1.807, 2.05) is 0 Å². The standard InChI is InChI=1S/C13H15ClFNO2.ClH/c14-11-7-9(15)1-2-10(11)12-5-8(3-4-16-12)6-13(17)18;/h1-2,7-8,12,16H,3-6H2,(H,17,18);1H. The maximum atomic E-state index is 13.0. The highest BCUT2D eigenvalue weighted by Crippen LogP contribution is 2.33. The van der Waals surface area contributed by atoms with E-state index in [0.717, 1.165) is 24.9 Å². The van der Waals surface area contributed by atoms with Crippen LogP contribution in [0.15, 0.2) is 18.2 Å². The average molecular weight is 308 g/mol. The van der Waals surface area contributed by atoms with Gasteiger partial charge in [0.15, 0.2) is 0 Å². The highest BCUT2D eigenvalue weighted by atomic mass is 35.5. The van der Waals surface area contributed by atoms with E-state index in [0.29, 0.717) is 5.02 Å². The van der Waals surface area contributed by atoms with Crippen LogP contribution in [0.5, 0.6) is 0 Å². The number of piperidine rings is 1. The molecule has 1 heterocycles. The van der Waals surface area contributed by atoms with Gasteiger partial charge < -0.3 is 10.4 Å². The molecule has 1 aliphatic heterocycles. The Morgan fingerprint density at radius 2 is 2.26 bits per heavy atom. The van der Waals surface area contributed by atoms with E-state index in [9.17, 15) is 9.18 Å². The highest BCUT2D eigenvalue weighted by Gasteiger charge is 2.25. The van der Waals surface area contributed by atoms with E-state index in [4.69, 9.17) is 16.7 Å². The number of aliphatic carboxylic acids is 1. The number of hydrogen-bond donors (Lipinski definition) is 2. The molecule has 1 aromatic carbocycles. The molecule has 1 fully saturated rings. The van der Waals surface area contributed by atoms with Gasteiger partial charge in [-0.1, -0.05) is 17.7 Å². The first-order valence-corrected chi connectivity index (χ1v) is 6.34. The fourth-order valence-electron chi connectivity index (χ4n) is 2.45. The molecule has 1 aromatic rings. The number of rotatable bonds is 3. The Bertz CT molecular complexity index is 456. The predicted molar refractivity (Wildman–Crippen MR) is 74.4 cm³/mol. The van der Waals surface area contributed by atoms with Gasteiger partial charge in [0.2, 0.25) is 0 Å². The zero-order valence-electron chi connectivity index (χ0n) is 10.2. The van der Waals surface area contributed by atoms with Gasteiger partial charge in [-0.15, -0.1) is 12.4 Å². The lowest BCUT2D eigenvalue weighted by molar-refractivity contribution is -0.138. The Morgan fingerprint density at radius 3 is 2.89 bits per heavy atom. The number of carboxylic acid groups (broad SMARTS) is 1. The quantitative estimate of drug-likeness (QED) is 0.899. The van der Waals surface area contributed by atoms with Crippen LogP contribution in [0.2, 0.25) is 5.02 Å². The van der Waals surface area contributed by atoms with Gasteiger partial charge in [-0.3, -0.25) is 4.79 Å². The van der Waals surface area contributed by atoms with Gasteiger partial charge in [-0.25, -0.2) is 4.39 Å². The molecule has 0 radical (unpaired) electrons. The van der Waals surface area contributed by atoms with E-state index in [2.05, 4.69) is 5.32 Å². The van der Waals surface area contributed by atoms with Crippen molar-refractivity contribution < 1.29 is 14.3 Å². The minimum atomic E-state index is -0.772. The molecule has 0 amide bonds. The number of carbonyl (C=O) groups is 1. The molecule has 2 unspecified atom stereocenters. The van der Waals surface area contributed by atoms with Crippen LogP contribution in [0.25, 0.3) is 0 Å². The first-order chi connectivity index (χ1) is 8.56. The fraction of sp³-hybridized carbons (Fsp3) is 0.462. The van der Waals surface area contributed by atoms with Crippen LogP contribution in [0.1, 0.15) is 30.9 Å². The summed E-state index contributed by atoms with van der Waals surface area (Å²) in [5.74, 6) is -0.984. The predicted octanol–water partition coefficient (Wildman–Crippen LogP) is 3.42. The van der Waals surface area contributed by atoms with Gasteiger partial charge in [0.1, 0.15) is 5.82 Å². The lowest BCUT2D eigenvalue weighted by Gasteiger charge is -2.30. The molecule has 3 nitrogen and oxygen atoms in total. The molecule has 0 bridgehead atoms. The molecule has 0 aromatic heterocycles. The first kappa shape index (κ1) is 16.2. The van der Waals surface area contributed by atoms with E-state index >= 15 is 0 Å². The smallest absolute Gasteiger partial charge is 0.303 e. The van der Waals surface area contributed by atoms with Gasteiger partial charge in [0, 0.05) is 17.5 Å². The monoisotopic (exact) mass is 307 g/mol. The lowest BCUT2D eigenvalue weighted by Crippen LogP contribution is -2.32. The summed E-state index contributed by atoms with van der Waals surface area (Å²) < 4.78 is 13.0. The third-order valence-corrected chi connectivity index (χ3v) is 3.64. The summed E-state index contributed by atoms with van der Waals surface area (Å²) in [5, 5.41) is 12.5. The summed E-state index contributed by atoms with van der Waals surface area (Å²) in [6.07, 6.45) is 1.75. The Morgan fingerprint density at radius 1 is 1.53 bits per heavy atom. The number of halogens is 3. The molecular weight excluding hydrogens is 292 g/mol. The summed E-state index contributed by atoms with van der Waals surface area (Å²) in [6, 6.07) is 4.35. The largest absolute Gasteiger partial charge is 0.481 e. The van der Waals surface area contributed by atoms with Crippen LogP contribution in [0, 0.1) is 11.7 Å². The molecular formula is C13H16Cl2FNO2. The normalized spacial score (nSPS) is 22.6. The molecule has 0 aliphatic carbocycles. The third kappa shape index (κ3) is 4.34. The Kier molecular flexibility index (Phi) is 6.04. The van der Waals surface area contributed by atoms with Crippen molar-refractivity contribution in [3.8, 4) is 0 Å². The molecule has 1 aliphatic rings. The van der Waals surface area contributed by atoms with Crippen molar-refractivity contribution >= 4 is 30.0 Å². The van der Waals surface area contributed by atoms with Gasteiger partial charge >= 0.3 is 5.97 Å². The molecule has 2 atom stereocenters. The van der Waals surface area contributed by atoms with Crippen molar-refractivity contribution in [3.63, 3.8) is 0 Å². The summed E-state index contributed by atoms with van der Waals surface area (Å²) in [4.78, 5) is 10.7. The van der Waals surface area contributed by atoms with Gasteiger partial charge in [0.05, 0.1) is 0 Å². The number of hydrogen-bond acceptors (Lipinski definition) is 2. The molecule has 1 saturated heterocycles. The van der Waals surface area contributed by atoms with Crippen molar-refractivity contribution in [2.45, 2.75) is 25.3 Å². The minimum Gasteiger partial charge on any atom is -0.481 e. The topological polar surface area (TPSA) is 49.3 Å². The number of nitrogens with one attached hydrogen (secondary N) is 1. The maximum absolute atomic E-state index is 13.0. The Balaban J connectivity index is 0.00000180. The average Bonchev–Trinajstić information content (AvgIpc) is 2.28. The van der Waals surface area contributed by atoms with Crippen molar-refractivity contribution in [2.75, 3.05) is 6.54 Å². The molecule has 2 rings (SSSR count). The van der Waals surface area contributed by atoms with Crippen LogP contribution in [0.3, 0.4) is 0 Å². The van der Waals surface area contributed by atoms with E-state index in [-0.39, 0.29) is 36.6 Å². The zero-order valence-corrected chi connectivity index (χ0v) is 11.8. The molecule has 0 saturated carbocycles. The minimum absolute atomic E-state index is 0. The lowest BCUT2D eigenvalue weighted by atomic mass is 9.87.